The van der Waals surface area contributed by atoms with Gasteiger partial charge in [-0.05, 0) is 42.8 Å². The number of primary amides is 1. The number of carbonyl (C=O) groups excluding carboxylic acids is 2. The van der Waals surface area contributed by atoms with Gasteiger partial charge in [-0.3, -0.25) is 10.1 Å². The number of pyridine rings is 1. The summed E-state index contributed by atoms with van der Waals surface area (Å²) in [6.45, 7) is 2.57. The van der Waals surface area contributed by atoms with E-state index in [1.807, 2.05) is 18.2 Å². The molecule has 3 rings (SSSR count). The minimum Gasteiger partial charge on any atom is -0.497 e. The molecule has 1 amide bonds. The number of unbranched alkanes of at least 4 members (excludes halogenated alkanes) is 1. The number of rotatable bonds is 7. The molecular formula is C22H29N2O5+. The summed E-state index contributed by atoms with van der Waals surface area (Å²) in [7, 11) is 2.91. The summed E-state index contributed by atoms with van der Waals surface area (Å²) in [6, 6.07) is 7.09. The topological polar surface area (TPSA) is 91.2 Å². The van der Waals surface area contributed by atoms with Crippen LogP contribution in [0, 0.1) is 0 Å². The number of methoxy groups -OCH3 is 2. The summed E-state index contributed by atoms with van der Waals surface area (Å²) in [5, 5.41) is 2.21. The van der Waals surface area contributed by atoms with Gasteiger partial charge in [-0.15, -0.1) is 0 Å². The summed E-state index contributed by atoms with van der Waals surface area (Å²) >= 11 is 0. The Kier molecular flexibility index (Phi) is 6.37. The Bertz CT molecular complexity index is 973. The first kappa shape index (κ1) is 21.0. The number of aryl methyl sites for hydroxylation is 1. The number of esters is 1. The van der Waals surface area contributed by atoms with E-state index in [0.29, 0.717) is 25.1 Å². The molecule has 1 fully saturated rings. The van der Waals surface area contributed by atoms with E-state index in [-0.39, 0.29) is 11.1 Å². The van der Waals surface area contributed by atoms with Crippen molar-refractivity contribution in [2.75, 3.05) is 14.2 Å². The molecule has 29 heavy (non-hydrogen) atoms. The van der Waals surface area contributed by atoms with Gasteiger partial charge in [0.25, 0.3) is 5.56 Å². The Morgan fingerprint density at radius 3 is 2.52 bits per heavy atom. The zero-order chi connectivity index (χ0) is 21.0. The molecule has 1 heterocycles. The van der Waals surface area contributed by atoms with Gasteiger partial charge < -0.3 is 14.0 Å². The number of amides is 1. The van der Waals surface area contributed by atoms with Gasteiger partial charge in [-0.1, -0.05) is 13.3 Å². The molecule has 1 aromatic heterocycles. The fourth-order valence-corrected chi connectivity index (χ4v) is 4.14. The van der Waals surface area contributed by atoms with E-state index < -0.39 is 17.4 Å². The molecular weight excluding hydrogens is 372 g/mol. The van der Waals surface area contributed by atoms with Gasteiger partial charge in [0, 0.05) is 25.5 Å². The van der Waals surface area contributed by atoms with Crippen molar-refractivity contribution in [1.29, 1.82) is 0 Å². The molecule has 0 unspecified atom stereocenters. The maximum absolute atomic E-state index is 13.2. The molecule has 1 aliphatic rings. The van der Waals surface area contributed by atoms with Gasteiger partial charge in [0.2, 0.25) is 5.54 Å². The molecule has 1 aromatic carbocycles. The Balaban J connectivity index is 2.06. The quantitative estimate of drug-likeness (QED) is 0.717. The fraction of sp³-hybridized carbons (Fsp3) is 0.500. The standard InChI is InChI=1S/C22H28N2O5/c1-4-5-12-24-18-14-16(28-2)9-8-15(18)13-17(20(24)26)19(25)23-22(21(27)29-3)10-6-7-11-22/h8-9,13-14H,4-7,10-12H2,1-3H3,(H,23,25)/p+1. The number of ether oxygens (including phenoxy) is 2. The molecule has 7 nitrogen and oxygen atoms in total. The van der Waals surface area contributed by atoms with Gasteiger partial charge in [0.15, 0.2) is 0 Å². The average Bonchev–Trinajstić information content (AvgIpc) is 3.21. The molecule has 0 spiro atoms. The predicted molar refractivity (Wildman–Crippen MR) is 109 cm³/mol. The van der Waals surface area contributed by atoms with Crippen LogP contribution in [0.1, 0.15) is 55.8 Å². The van der Waals surface area contributed by atoms with Crippen LogP contribution in [-0.2, 0) is 16.1 Å². The van der Waals surface area contributed by atoms with E-state index in [2.05, 4.69) is 6.92 Å². The second-order valence-electron chi connectivity index (χ2n) is 7.66. The highest BCUT2D eigenvalue weighted by atomic mass is 16.5. The van der Waals surface area contributed by atoms with Crippen LogP contribution in [0.15, 0.2) is 29.1 Å². The Hall–Kier alpha value is -2.67. The lowest BCUT2D eigenvalue weighted by Crippen LogP contribution is -3.01. The van der Waals surface area contributed by atoms with Crippen LogP contribution in [0.3, 0.4) is 0 Å². The number of nitrogens with zero attached hydrogens (tertiary/aromatic N) is 1. The molecule has 0 radical (unpaired) electrons. The normalized spacial score (nSPS) is 15.4. The van der Waals surface area contributed by atoms with Crippen LogP contribution in [0.2, 0.25) is 0 Å². The van der Waals surface area contributed by atoms with E-state index in [1.54, 1.807) is 17.7 Å². The van der Waals surface area contributed by atoms with Crippen molar-refractivity contribution in [3.63, 3.8) is 0 Å². The van der Waals surface area contributed by atoms with E-state index in [1.165, 1.54) is 12.4 Å². The molecule has 0 bridgehead atoms. The minimum atomic E-state index is -0.929. The fourth-order valence-electron chi connectivity index (χ4n) is 4.14. The van der Waals surface area contributed by atoms with Crippen molar-refractivity contribution >= 4 is 22.8 Å². The van der Waals surface area contributed by atoms with Crippen LogP contribution in [-0.4, -0.2) is 36.2 Å². The maximum Gasteiger partial charge on any atom is 0.368 e. The van der Waals surface area contributed by atoms with Crippen molar-refractivity contribution in [2.45, 2.75) is 57.5 Å². The predicted octanol–water partition coefficient (Wildman–Crippen LogP) is 2.00. The lowest BCUT2D eigenvalue weighted by molar-refractivity contribution is -0.622. The molecule has 1 aliphatic carbocycles. The largest absolute Gasteiger partial charge is 0.497 e. The molecule has 0 atom stereocenters. The summed E-state index contributed by atoms with van der Waals surface area (Å²) in [5.74, 6) is -0.158. The molecule has 0 saturated heterocycles. The molecule has 156 valence electrons. The van der Waals surface area contributed by atoms with Crippen molar-refractivity contribution in [3.05, 3.63) is 40.2 Å². The number of carbonyl (C=O) groups is 2. The molecule has 1 saturated carbocycles. The summed E-state index contributed by atoms with van der Waals surface area (Å²) in [5.41, 5.74) is -0.434. The van der Waals surface area contributed by atoms with Gasteiger partial charge in [-0.25, -0.2) is 9.59 Å². The first-order valence-electron chi connectivity index (χ1n) is 10.2. The van der Waals surface area contributed by atoms with E-state index in [0.717, 1.165) is 36.6 Å². The zero-order valence-electron chi connectivity index (χ0n) is 17.3. The molecule has 2 aromatic rings. The van der Waals surface area contributed by atoms with Crippen molar-refractivity contribution < 1.29 is 24.4 Å². The van der Waals surface area contributed by atoms with Crippen LogP contribution in [0.4, 0.5) is 0 Å². The third kappa shape index (κ3) is 4.05. The second kappa shape index (κ2) is 8.78. The van der Waals surface area contributed by atoms with Gasteiger partial charge >= 0.3 is 11.9 Å². The van der Waals surface area contributed by atoms with Gasteiger partial charge in [-0.2, -0.15) is 0 Å². The summed E-state index contributed by atoms with van der Waals surface area (Å²) in [6.07, 6.45) is 4.60. The van der Waals surface area contributed by atoms with Crippen molar-refractivity contribution in [1.82, 2.24) is 4.57 Å². The Labute approximate surface area is 170 Å². The Morgan fingerprint density at radius 2 is 1.90 bits per heavy atom. The number of benzene rings is 1. The second-order valence-corrected chi connectivity index (χ2v) is 7.66. The first-order valence-corrected chi connectivity index (χ1v) is 10.2. The lowest BCUT2D eigenvalue weighted by Gasteiger charge is -2.22. The maximum atomic E-state index is 13.2. The average molecular weight is 401 g/mol. The smallest absolute Gasteiger partial charge is 0.368 e. The third-order valence-corrected chi connectivity index (χ3v) is 5.80. The van der Waals surface area contributed by atoms with Crippen molar-refractivity contribution in [2.24, 2.45) is 0 Å². The van der Waals surface area contributed by atoms with Gasteiger partial charge in [0.1, 0.15) is 11.3 Å². The lowest BCUT2D eigenvalue weighted by atomic mass is 9.97. The first-order chi connectivity index (χ1) is 14.0. The van der Waals surface area contributed by atoms with E-state index >= 15 is 0 Å². The van der Waals surface area contributed by atoms with Crippen molar-refractivity contribution in [3.8, 4) is 5.75 Å². The zero-order valence-corrected chi connectivity index (χ0v) is 17.3. The van der Waals surface area contributed by atoms with Crippen LogP contribution in [0.5, 0.6) is 5.75 Å². The SMILES string of the molecule is CCCCn1c(=O)c(C(=O)[NH2+]C2(C(=O)OC)CCCC2)cc2ccc(OC)cc21. The highest BCUT2D eigenvalue weighted by Gasteiger charge is 2.48. The third-order valence-electron chi connectivity index (χ3n) is 5.80. The molecule has 2 N–H and O–H groups in total. The Morgan fingerprint density at radius 1 is 1.17 bits per heavy atom. The highest BCUT2D eigenvalue weighted by molar-refractivity contribution is 5.93. The number of hydrogen-bond acceptors (Lipinski definition) is 5. The summed E-state index contributed by atoms with van der Waals surface area (Å²) < 4.78 is 11.9. The number of quaternary nitrogens is 1. The van der Waals surface area contributed by atoms with Gasteiger partial charge in [0.05, 0.1) is 19.7 Å². The summed E-state index contributed by atoms with van der Waals surface area (Å²) in [4.78, 5) is 38.7. The van der Waals surface area contributed by atoms with Crippen LogP contribution < -0.4 is 15.6 Å². The number of aromatic nitrogens is 1. The number of fused-ring (bicyclic) bond motifs is 1. The van der Waals surface area contributed by atoms with E-state index in [4.69, 9.17) is 9.47 Å². The highest BCUT2D eigenvalue weighted by Crippen LogP contribution is 2.27. The molecule has 0 aliphatic heterocycles. The number of hydrogen-bond donors (Lipinski definition) is 1. The van der Waals surface area contributed by atoms with E-state index in [9.17, 15) is 14.4 Å². The minimum absolute atomic E-state index is 0.0916. The number of nitrogens with two attached hydrogens (primary N) is 1. The molecule has 7 heteroatoms. The van der Waals surface area contributed by atoms with Crippen LogP contribution in [0.25, 0.3) is 10.9 Å². The van der Waals surface area contributed by atoms with Crippen LogP contribution >= 0.6 is 0 Å². The monoisotopic (exact) mass is 401 g/mol.